The standard InChI is InChI=1S/C11H14O2/c1-11(2)7-8-4-5-9(12-3)6-10(8)13-11/h4-6H,7H2,1-3H3. The third-order valence-electron chi connectivity index (χ3n) is 2.28. The molecule has 0 bridgehead atoms. The molecule has 0 fully saturated rings. The first kappa shape index (κ1) is 8.42. The molecule has 0 aromatic heterocycles. The van der Waals surface area contributed by atoms with Gasteiger partial charge in [0, 0.05) is 12.5 Å². The first-order valence-corrected chi connectivity index (χ1v) is 4.47. The van der Waals surface area contributed by atoms with Crippen molar-refractivity contribution < 1.29 is 9.47 Å². The predicted octanol–water partition coefficient (Wildman–Crippen LogP) is 2.41. The van der Waals surface area contributed by atoms with Crippen molar-refractivity contribution in [3.05, 3.63) is 23.8 Å². The zero-order chi connectivity index (χ0) is 9.47. The van der Waals surface area contributed by atoms with Gasteiger partial charge in [0.15, 0.2) is 0 Å². The van der Waals surface area contributed by atoms with Crippen LogP contribution >= 0.6 is 0 Å². The summed E-state index contributed by atoms with van der Waals surface area (Å²) in [5.41, 5.74) is 1.21. The van der Waals surface area contributed by atoms with E-state index in [9.17, 15) is 0 Å². The van der Waals surface area contributed by atoms with Crippen LogP contribution in [0.15, 0.2) is 18.2 Å². The lowest BCUT2D eigenvalue weighted by Gasteiger charge is -2.16. The van der Waals surface area contributed by atoms with Crippen molar-refractivity contribution in [1.29, 1.82) is 0 Å². The number of methoxy groups -OCH3 is 1. The number of benzene rings is 1. The van der Waals surface area contributed by atoms with Gasteiger partial charge < -0.3 is 9.47 Å². The van der Waals surface area contributed by atoms with Gasteiger partial charge in [0.1, 0.15) is 17.1 Å². The number of rotatable bonds is 1. The van der Waals surface area contributed by atoms with Crippen LogP contribution in [0.25, 0.3) is 0 Å². The molecule has 1 aromatic rings. The lowest BCUT2D eigenvalue weighted by atomic mass is 10.0. The fourth-order valence-electron chi connectivity index (χ4n) is 1.70. The summed E-state index contributed by atoms with van der Waals surface area (Å²) in [7, 11) is 1.67. The van der Waals surface area contributed by atoms with Gasteiger partial charge >= 0.3 is 0 Å². The zero-order valence-electron chi connectivity index (χ0n) is 8.26. The Morgan fingerprint density at radius 2 is 2.15 bits per heavy atom. The largest absolute Gasteiger partial charge is 0.497 e. The summed E-state index contributed by atoms with van der Waals surface area (Å²) in [4.78, 5) is 0. The fraction of sp³-hybridized carbons (Fsp3) is 0.455. The van der Waals surface area contributed by atoms with Crippen molar-refractivity contribution >= 4 is 0 Å². The molecule has 1 aromatic carbocycles. The molecule has 0 saturated heterocycles. The van der Waals surface area contributed by atoms with Crippen LogP contribution in [0.4, 0.5) is 0 Å². The van der Waals surface area contributed by atoms with Crippen LogP contribution in [0.2, 0.25) is 0 Å². The SMILES string of the molecule is COc1ccc2c(c1)OC(C)(C)C2. The second-order valence-corrected chi connectivity index (χ2v) is 4.01. The molecule has 0 radical (unpaired) electrons. The maximum Gasteiger partial charge on any atom is 0.127 e. The van der Waals surface area contributed by atoms with E-state index in [0.717, 1.165) is 17.9 Å². The van der Waals surface area contributed by atoms with Crippen molar-refractivity contribution in [1.82, 2.24) is 0 Å². The highest BCUT2D eigenvalue weighted by Gasteiger charge is 2.29. The Hall–Kier alpha value is -1.18. The van der Waals surface area contributed by atoms with Gasteiger partial charge in [-0.05, 0) is 25.5 Å². The van der Waals surface area contributed by atoms with Crippen molar-refractivity contribution in [2.75, 3.05) is 7.11 Å². The van der Waals surface area contributed by atoms with Crippen molar-refractivity contribution in [3.8, 4) is 11.5 Å². The molecule has 1 aliphatic rings. The van der Waals surface area contributed by atoms with Gasteiger partial charge in [-0.1, -0.05) is 6.07 Å². The van der Waals surface area contributed by atoms with Crippen LogP contribution in [-0.4, -0.2) is 12.7 Å². The second-order valence-electron chi connectivity index (χ2n) is 4.01. The Labute approximate surface area is 78.5 Å². The number of fused-ring (bicyclic) bond motifs is 1. The predicted molar refractivity (Wildman–Crippen MR) is 51.4 cm³/mol. The summed E-state index contributed by atoms with van der Waals surface area (Å²) in [6.45, 7) is 4.19. The van der Waals surface area contributed by atoms with Crippen LogP contribution in [0.3, 0.4) is 0 Å². The molecule has 70 valence electrons. The van der Waals surface area contributed by atoms with Crippen LogP contribution < -0.4 is 9.47 Å². The Morgan fingerprint density at radius 3 is 2.85 bits per heavy atom. The summed E-state index contributed by atoms with van der Waals surface area (Å²) in [5.74, 6) is 1.82. The Morgan fingerprint density at radius 1 is 1.38 bits per heavy atom. The highest BCUT2D eigenvalue weighted by molar-refractivity contribution is 5.44. The Bertz CT molecular complexity index is 329. The second kappa shape index (κ2) is 2.66. The smallest absolute Gasteiger partial charge is 0.127 e. The minimum atomic E-state index is -0.0608. The van der Waals surface area contributed by atoms with E-state index in [0.29, 0.717) is 0 Å². The molecule has 0 unspecified atom stereocenters. The minimum Gasteiger partial charge on any atom is -0.497 e. The lowest BCUT2D eigenvalue weighted by Crippen LogP contribution is -2.24. The van der Waals surface area contributed by atoms with Crippen LogP contribution in [-0.2, 0) is 6.42 Å². The molecule has 2 nitrogen and oxygen atoms in total. The summed E-state index contributed by atoms with van der Waals surface area (Å²) in [6.07, 6.45) is 0.978. The molecule has 2 heteroatoms. The molecule has 0 spiro atoms. The third kappa shape index (κ3) is 1.48. The van der Waals surface area contributed by atoms with E-state index in [1.807, 2.05) is 12.1 Å². The van der Waals surface area contributed by atoms with Crippen molar-refractivity contribution in [2.45, 2.75) is 25.9 Å². The van der Waals surface area contributed by atoms with E-state index in [1.54, 1.807) is 7.11 Å². The normalized spacial score (nSPS) is 17.8. The average Bonchev–Trinajstić information content (AvgIpc) is 2.36. The van der Waals surface area contributed by atoms with Gasteiger partial charge in [0.05, 0.1) is 7.11 Å². The maximum atomic E-state index is 5.76. The highest BCUT2D eigenvalue weighted by atomic mass is 16.5. The molecule has 0 amide bonds. The van der Waals surface area contributed by atoms with E-state index < -0.39 is 0 Å². The van der Waals surface area contributed by atoms with E-state index in [4.69, 9.17) is 9.47 Å². The Kier molecular flexibility index (Phi) is 1.72. The van der Waals surface area contributed by atoms with Crippen LogP contribution in [0.1, 0.15) is 19.4 Å². The molecular weight excluding hydrogens is 164 g/mol. The molecule has 1 heterocycles. The fourth-order valence-corrected chi connectivity index (χ4v) is 1.70. The molecular formula is C11H14O2. The van der Waals surface area contributed by atoms with Gasteiger partial charge in [-0.2, -0.15) is 0 Å². The van der Waals surface area contributed by atoms with Crippen LogP contribution in [0.5, 0.6) is 11.5 Å². The molecule has 13 heavy (non-hydrogen) atoms. The van der Waals surface area contributed by atoms with Gasteiger partial charge in [0.2, 0.25) is 0 Å². The van der Waals surface area contributed by atoms with E-state index >= 15 is 0 Å². The maximum absolute atomic E-state index is 5.76. The summed E-state index contributed by atoms with van der Waals surface area (Å²) in [6, 6.07) is 6.00. The van der Waals surface area contributed by atoms with Gasteiger partial charge in [-0.25, -0.2) is 0 Å². The molecule has 0 atom stereocenters. The topological polar surface area (TPSA) is 18.5 Å². The molecule has 0 saturated carbocycles. The summed E-state index contributed by atoms with van der Waals surface area (Å²) in [5, 5.41) is 0. The number of ether oxygens (including phenoxy) is 2. The first-order chi connectivity index (χ1) is 6.11. The average molecular weight is 178 g/mol. The highest BCUT2D eigenvalue weighted by Crippen LogP contribution is 2.36. The number of hydrogen-bond acceptors (Lipinski definition) is 2. The zero-order valence-corrected chi connectivity index (χ0v) is 8.26. The molecule has 0 aliphatic carbocycles. The Balaban J connectivity index is 2.36. The van der Waals surface area contributed by atoms with E-state index in [2.05, 4.69) is 19.9 Å². The monoisotopic (exact) mass is 178 g/mol. The van der Waals surface area contributed by atoms with E-state index in [1.165, 1.54) is 5.56 Å². The minimum absolute atomic E-state index is 0.0608. The molecule has 0 N–H and O–H groups in total. The van der Waals surface area contributed by atoms with Gasteiger partial charge in [-0.3, -0.25) is 0 Å². The van der Waals surface area contributed by atoms with Gasteiger partial charge in [-0.15, -0.1) is 0 Å². The number of hydrogen-bond donors (Lipinski definition) is 0. The molecule has 2 rings (SSSR count). The van der Waals surface area contributed by atoms with Crippen molar-refractivity contribution in [2.24, 2.45) is 0 Å². The van der Waals surface area contributed by atoms with E-state index in [-0.39, 0.29) is 5.60 Å². The third-order valence-corrected chi connectivity index (χ3v) is 2.28. The lowest BCUT2D eigenvalue weighted by molar-refractivity contribution is 0.138. The summed E-state index contributed by atoms with van der Waals surface area (Å²) < 4.78 is 10.9. The quantitative estimate of drug-likeness (QED) is 0.657. The molecule has 1 aliphatic heterocycles. The first-order valence-electron chi connectivity index (χ1n) is 4.47. The van der Waals surface area contributed by atoms with Gasteiger partial charge in [0.25, 0.3) is 0 Å². The van der Waals surface area contributed by atoms with Crippen LogP contribution in [0, 0.1) is 0 Å². The van der Waals surface area contributed by atoms with Crippen molar-refractivity contribution in [3.63, 3.8) is 0 Å². The summed E-state index contributed by atoms with van der Waals surface area (Å²) >= 11 is 0.